The van der Waals surface area contributed by atoms with Crippen LogP contribution >= 0.6 is 15.9 Å². The van der Waals surface area contributed by atoms with E-state index in [1.807, 2.05) is 6.07 Å². The van der Waals surface area contributed by atoms with Crippen molar-refractivity contribution in [3.63, 3.8) is 0 Å². The van der Waals surface area contributed by atoms with Crippen LogP contribution in [0.25, 0.3) is 0 Å². The second-order valence-corrected chi connectivity index (χ2v) is 8.00. The Balaban J connectivity index is 1.61. The minimum atomic E-state index is -0.467. The Kier molecular flexibility index (Phi) is 4.50. The Morgan fingerprint density at radius 1 is 1.24 bits per heavy atom. The van der Waals surface area contributed by atoms with Crippen LogP contribution in [0.3, 0.4) is 0 Å². The van der Waals surface area contributed by atoms with E-state index in [1.165, 1.54) is 24.0 Å². The van der Waals surface area contributed by atoms with Crippen LogP contribution in [-0.2, 0) is 12.8 Å². The summed E-state index contributed by atoms with van der Waals surface area (Å²) < 4.78 is 6.97. The van der Waals surface area contributed by atoms with Crippen LogP contribution in [0, 0.1) is 5.92 Å². The molecule has 1 aromatic carbocycles. The summed E-state index contributed by atoms with van der Waals surface area (Å²) in [7, 11) is 0. The van der Waals surface area contributed by atoms with Crippen molar-refractivity contribution in [3.05, 3.63) is 57.3 Å². The number of rotatable bonds is 5. The summed E-state index contributed by atoms with van der Waals surface area (Å²) in [4.78, 5) is 16.2. The molecule has 1 amide bonds. The number of amides is 1. The lowest BCUT2D eigenvalue weighted by Gasteiger charge is -2.26. The first-order chi connectivity index (χ1) is 12.1. The molecule has 0 spiro atoms. The normalized spacial score (nSPS) is 19.3. The Hall–Kier alpha value is -1.88. The first-order valence-electron chi connectivity index (χ1n) is 8.80. The number of carbonyl (C=O) groups excluding carboxylic acids is 1. The van der Waals surface area contributed by atoms with Gasteiger partial charge in [-0.25, -0.2) is 4.98 Å². The molecule has 2 aliphatic carbocycles. The number of halogens is 1. The van der Waals surface area contributed by atoms with E-state index in [9.17, 15) is 4.79 Å². The lowest BCUT2D eigenvalue weighted by Crippen LogP contribution is -2.21. The van der Waals surface area contributed by atoms with Crippen molar-refractivity contribution in [2.75, 3.05) is 6.61 Å². The van der Waals surface area contributed by atoms with Crippen LogP contribution in [0.5, 0.6) is 5.75 Å². The minimum Gasteiger partial charge on any atom is -0.492 e. The topological polar surface area (TPSA) is 65.2 Å². The van der Waals surface area contributed by atoms with Crippen molar-refractivity contribution < 1.29 is 9.53 Å². The maximum absolute atomic E-state index is 11.9. The molecule has 1 atom stereocenters. The van der Waals surface area contributed by atoms with Gasteiger partial charge in [-0.15, -0.1) is 0 Å². The zero-order valence-corrected chi connectivity index (χ0v) is 15.6. The molecule has 0 saturated heterocycles. The van der Waals surface area contributed by atoms with Gasteiger partial charge in [-0.05, 0) is 78.8 Å². The number of nitrogens with two attached hydrogens (primary N) is 1. The highest BCUT2D eigenvalue weighted by molar-refractivity contribution is 9.10. The molecule has 1 aromatic heterocycles. The van der Waals surface area contributed by atoms with Crippen LogP contribution in [0.4, 0.5) is 0 Å². The molecule has 5 heteroatoms. The van der Waals surface area contributed by atoms with Gasteiger partial charge >= 0.3 is 0 Å². The zero-order chi connectivity index (χ0) is 17.4. The second-order valence-electron chi connectivity index (χ2n) is 7.08. The number of aryl methyl sites for hydroxylation is 1. The third kappa shape index (κ3) is 3.71. The molecule has 0 aliphatic heterocycles. The fourth-order valence-corrected chi connectivity index (χ4v) is 3.95. The molecule has 2 aliphatic rings. The summed E-state index contributed by atoms with van der Waals surface area (Å²) in [5, 5.41) is 0. The number of benzene rings is 1. The van der Waals surface area contributed by atoms with Crippen LogP contribution in [0.2, 0.25) is 0 Å². The van der Waals surface area contributed by atoms with Crippen molar-refractivity contribution in [2.45, 2.75) is 38.0 Å². The highest BCUT2D eigenvalue weighted by Crippen LogP contribution is 2.36. The number of hydrogen-bond acceptors (Lipinski definition) is 3. The summed E-state index contributed by atoms with van der Waals surface area (Å²) in [6, 6.07) is 8.40. The van der Waals surface area contributed by atoms with Gasteiger partial charge in [0.25, 0.3) is 5.91 Å². The highest BCUT2D eigenvalue weighted by atomic mass is 79.9. The summed E-state index contributed by atoms with van der Waals surface area (Å²) in [6.07, 6.45) is 6.99. The monoisotopic (exact) mass is 400 g/mol. The van der Waals surface area contributed by atoms with Crippen molar-refractivity contribution in [1.82, 2.24) is 4.98 Å². The number of primary amides is 1. The quantitative estimate of drug-likeness (QED) is 0.824. The Bertz CT molecular complexity index is 817. The molecule has 4 nitrogen and oxygen atoms in total. The highest BCUT2D eigenvalue weighted by Gasteiger charge is 2.26. The van der Waals surface area contributed by atoms with Crippen LogP contribution in [-0.4, -0.2) is 17.5 Å². The van der Waals surface area contributed by atoms with E-state index in [0.29, 0.717) is 11.6 Å². The molecule has 0 radical (unpaired) electrons. The number of nitrogens with zero attached hydrogens (tertiary/aromatic N) is 1. The average Bonchev–Trinajstić information content (AvgIpc) is 3.43. The van der Waals surface area contributed by atoms with Crippen LogP contribution in [0.15, 0.2) is 34.9 Å². The number of hydrogen-bond donors (Lipinski definition) is 1. The zero-order valence-electron chi connectivity index (χ0n) is 14.0. The molecule has 2 aromatic rings. The van der Waals surface area contributed by atoms with Crippen molar-refractivity contribution in [1.29, 1.82) is 0 Å². The van der Waals surface area contributed by atoms with E-state index >= 15 is 0 Å². The average molecular weight is 401 g/mol. The summed E-state index contributed by atoms with van der Waals surface area (Å²) in [6.45, 7) is 0.735. The van der Waals surface area contributed by atoms with Gasteiger partial charge in [0.2, 0.25) is 0 Å². The first kappa shape index (κ1) is 16.6. The number of aromatic nitrogens is 1. The fourth-order valence-electron chi connectivity index (χ4n) is 3.55. The molecule has 1 heterocycles. The van der Waals surface area contributed by atoms with Gasteiger partial charge in [0.05, 0.1) is 12.8 Å². The van der Waals surface area contributed by atoms with Gasteiger partial charge < -0.3 is 10.5 Å². The standard InChI is InChI=1S/C20H21BrN2O2/c21-16-6-5-13-7-15(4-3-14(13)8-16)18-9-17(25-11-12-1-2-12)10-23-19(18)20(22)24/h5-6,8-10,12,15H,1-4,7,11H2,(H2,22,24)/t15-/m0/s1. The maximum atomic E-state index is 11.9. The van der Waals surface area contributed by atoms with Gasteiger partial charge in [0.15, 0.2) is 0 Å². The van der Waals surface area contributed by atoms with Crippen molar-refractivity contribution >= 4 is 21.8 Å². The van der Waals surface area contributed by atoms with Gasteiger partial charge in [0, 0.05) is 4.47 Å². The summed E-state index contributed by atoms with van der Waals surface area (Å²) in [5.74, 6) is 1.20. The Morgan fingerprint density at radius 2 is 2.08 bits per heavy atom. The van der Waals surface area contributed by atoms with E-state index in [1.54, 1.807) is 6.20 Å². The Labute approximate surface area is 155 Å². The second kappa shape index (κ2) is 6.79. The first-order valence-corrected chi connectivity index (χ1v) is 9.59. The van der Waals surface area contributed by atoms with E-state index in [0.717, 1.165) is 41.7 Å². The number of carbonyl (C=O) groups is 1. The lowest BCUT2D eigenvalue weighted by atomic mass is 9.79. The van der Waals surface area contributed by atoms with E-state index in [-0.39, 0.29) is 5.92 Å². The third-order valence-electron chi connectivity index (χ3n) is 5.14. The predicted octanol–water partition coefficient (Wildman–Crippen LogP) is 4.00. The Morgan fingerprint density at radius 3 is 2.84 bits per heavy atom. The largest absolute Gasteiger partial charge is 0.492 e. The van der Waals surface area contributed by atoms with Crippen LogP contribution in [0.1, 0.15) is 52.4 Å². The summed E-state index contributed by atoms with van der Waals surface area (Å²) >= 11 is 3.54. The van der Waals surface area contributed by atoms with Gasteiger partial charge in [-0.2, -0.15) is 0 Å². The molecule has 130 valence electrons. The van der Waals surface area contributed by atoms with Gasteiger partial charge in [-0.1, -0.05) is 22.0 Å². The summed E-state index contributed by atoms with van der Waals surface area (Å²) in [5.41, 5.74) is 9.58. The molecule has 25 heavy (non-hydrogen) atoms. The number of ether oxygens (including phenoxy) is 1. The SMILES string of the molecule is NC(=O)c1ncc(OCC2CC2)cc1[C@H]1CCc2cc(Br)ccc2C1. The van der Waals surface area contributed by atoms with E-state index in [2.05, 4.69) is 39.1 Å². The molecule has 1 saturated carbocycles. The van der Waals surface area contributed by atoms with Crippen molar-refractivity contribution in [2.24, 2.45) is 11.7 Å². The molecular weight excluding hydrogens is 380 g/mol. The lowest BCUT2D eigenvalue weighted by molar-refractivity contribution is 0.0994. The number of fused-ring (bicyclic) bond motifs is 1. The molecule has 4 rings (SSSR count). The molecule has 0 bridgehead atoms. The molecular formula is C20H21BrN2O2. The molecule has 1 fully saturated rings. The maximum Gasteiger partial charge on any atom is 0.267 e. The van der Waals surface area contributed by atoms with Gasteiger partial charge in [-0.3, -0.25) is 4.79 Å². The third-order valence-corrected chi connectivity index (χ3v) is 5.64. The van der Waals surface area contributed by atoms with E-state index in [4.69, 9.17) is 10.5 Å². The predicted molar refractivity (Wildman–Crippen MR) is 99.9 cm³/mol. The molecule has 0 unspecified atom stereocenters. The number of pyridine rings is 1. The minimum absolute atomic E-state index is 0.244. The van der Waals surface area contributed by atoms with Crippen molar-refractivity contribution in [3.8, 4) is 5.75 Å². The van der Waals surface area contributed by atoms with Gasteiger partial charge in [0.1, 0.15) is 11.4 Å². The smallest absolute Gasteiger partial charge is 0.267 e. The van der Waals surface area contributed by atoms with Crippen LogP contribution < -0.4 is 10.5 Å². The fraction of sp³-hybridized carbons (Fsp3) is 0.400. The molecule has 2 N–H and O–H groups in total. The van der Waals surface area contributed by atoms with E-state index < -0.39 is 5.91 Å².